The van der Waals surface area contributed by atoms with Gasteiger partial charge in [0.2, 0.25) is 0 Å². The average molecular weight is 764 g/mol. The lowest BCUT2D eigenvalue weighted by molar-refractivity contribution is 0.794. The standard InChI is InChI=1S/C59H41N/c1-3-15-40(16-4-1)42-29-34-46(35-30-42)60(47-36-31-43(32-37-47)41-17-5-2-6-18-41)57-28-14-27-55-58(57)52-38-33-45(49-24-13-20-44-19-7-8-21-48(44)49)39-56(52)59(55)53-25-11-9-22-50(53)51-23-10-12-26-54(51)59/h1-5,7-17,19-39H,6,18H2. The van der Waals surface area contributed by atoms with Crippen LogP contribution < -0.4 is 4.90 Å². The highest BCUT2D eigenvalue weighted by molar-refractivity contribution is 6.03. The third-order valence-electron chi connectivity index (χ3n) is 13.2. The number of allylic oxidation sites excluding steroid dienone is 4. The first kappa shape index (κ1) is 34.6. The zero-order valence-corrected chi connectivity index (χ0v) is 33.2. The molecule has 0 atom stereocenters. The quantitative estimate of drug-likeness (QED) is 0.163. The summed E-state index contributed by atoms with van der Waals surface area (Å²) in [4.78, 5) is 2.49. The summed E-state index contributed by atoms with van der Waals surface area (Å²) in [5, 5.41) is 2.52. The number of fused-ring (bicyclic) bond motifs is 11. The second-order valence-electron chi connectivity index (χ2n) is 16.3. The molecule has 0 fully saturated rings. The Kier molecular flexibility index (Phi) is 7.96. The van der Waals surface area contributed by atoms with Gasteiger partial charge in [0, 0.05) is 16.9 Å². The Morgan fingerprint density at radius 3 is 1.72 bits per heavy atom. The fraction of sp³-hybridized carbons (Fsp3) is 0.0508. The summed E-state index contributed by atoms with van der Waals surface area (Å²) < 4.78 is 0. The van der Waals surface area contributed by atoms with Crippen LogP contribution in [0.4, 0.5) is 17.1 Å². The molecule has 3 aliphatic rings. The van der Waals surface area contributed by atoms with Gasteiger partial charge in [0.15, 0.2) is 0 Å². The average Bonchev–Trinajstić information content (AvgIpc) is 3.80. The maximum absolute atomic E-state index is 2.51. The predicted molar refractivity (Wildman–Crippen MR) is 252 cm³/mol. The summed E-state index contributed by atoms with van der Waals surface area (Å²) in [5.74, 6) is 0. The molecule has 1 nitrogen and oxygen atoms in total. The van der Waals surface area contributed by atoms with Gasteiger partial charge in [-0.3, -0.25) is 0 Å². The fourth-order valence-electron chi connectivity index (χ4n) is 10.5. The van der Waals surface area contributed by atoms with Gasteiger partial charge in [-0.1, -0.05) is 188 Å². The minimum atomic E-state index is -0.498. The highest BCUT2D eigenvalue weighted by Gasteiger charge is 2.52. The van der Waals surface area contributed by atoms with Crippen molar-refractivity contribution < 1.29 is 0 Å². The van der Waals surface area contributed by atoms with Crippen LogP contribution in [0, 0.1) is 0 Å². The van der Waals surface area contributed by atoms with E-state index in [1.54, 1.807) is 0 Å². The van der Waals surface area contributed by atoms with E-state index in [0.717, 1.165) is 24.2 Å². The smallest absolute Gasteiger partial charge is 0.0726 e. The van der Waals surface area contributed by atoms with Gasteiger partial charge in [0.05, 0.1) is 11.1 Å². The molecule has 0 amide bonds. The zero-order chi connectivity index (χ0) is 39.6. The van der Waals surface area contributed by atoms with Crippen LogP contribution in [0.2, 0.25) is 0 Å². The van der Waals surface area contributed by atoms with Gasteiger partial charge < -0.3 is 4.90 Å². The van der Waals surface area contributed by atoms with Gasteiger partial charge in [0.1, 0.15) is 0 Å². The molecule has 0 radical (unpaired) electrons. The maximum Gasteiger partial charge on any atom is 0.0726 e. The Labute approximate surface area is 351 Å². The highest BCUT2D eigenvalue weighted by atomic mass is 15.1. The molecular formula is C59H41N. The third-order valence-corrected chi connectivity index (χ3v) is 13.2. The molecule has 0 aliphatic heterocycles. The molecule has 0 N–H and O–H groups in total. The van der Waals surface area contributed by atoms with E-state index in [2.05, 4.69) is 229 Å². The lowest BCUT2D eigenvalue weighted by Crippen LogP contribution is -2.26. The molecular weight excluding hydrogens is 723 g/mol. The second-order valence-corrected chi connectivity index (χ2v) is 16.3. The van der Waals surface area contributed by atoms with E-state index in [1.165, 1.54) is 94.4 Å². The summed E-state index contributed by atoms with van der Waals surface area (Å²) in [5.41, 5.74) is 21.0. The van der Waals surface area contributed by atoms with Gasteiger partial charge in [-0.15, -0.1) is 0 Å². The van der Waals surface area contributed by atoms with Gasteiger partial charge in [-0.05, 0) is 132 Å². The molecule has 12 rings (SSSR count). The minimum absolute atomic E-state index is 0.498. The highest BCUT2D eigenvalue weighted by Crippen LogP contribution is 2.65. The lowest BCUT2D eigenvalue weighted by Gasteiger charge is -2.32. The number of nitrogens with zero attached hydrogens (tertiary/aromatic N) is 1. The first-order chi connectivity index (χ1) is 29.8. The van der Waals surface area contributed by atoms with Crippen molar-refractivity contribution in [3.05, 3.63) is 252 Å². The normalized spacial score (nSPS) is 14.0. The molecule has 0 heterocycles. The van der Waals surface area contributed by atoms with Crippen molar-refractivity contribution in [2.45, 2.75) is 18.3 Å². The Hall–Kier alpha value is -7.48. The van der Waals surface area contributed by atoms with E-state index in [9.17, 15) is 0 Å². The first-order valence-corrected chi connectivity index (χ1v) is 21.1. The van der Waals surface area contributed by atoms with Crippen LogP contribution in [0.1, 0.15) is 40.7 Å². The molecule has 1 heteroatoms. The molecule has 9 aromatic rings. The summed E-state index contributed by atoms with van der Waals surface area (Å²) in [7, 11) is 0. The van der Waals surface area contributed by atoms with Crippen molar-refractivity contribution >= 4 is 33.4 Å². The van der Waals surface area contributed by atoms with E-state index in [4.69, 9.17) is 0 Å². The van der Waals surface area contributed by atoms with Crippen molar-refractivity contribution in [3.63, 3.8) is 0 Å². The van der Waals surface area contributed by atoms with E-state index in [-0.39, 0.29) is 0 Å². The maximum atomic E-state index is 2.51. The zero-order valence-electron chi connectivity index (χ0n) is 33.2. The van der Waals surface area contributed by atoms with E-state index in [0.29, 0.717) is 0 Å². The van der Waals surface area contributed by atoms with Crippen LogP contribution in [0.5, 0.6) is 0 Å². The largest absolute Gasteiger partial charge is 0.310 e. The monoisotopic (exact) mass is 763 g/mol. The van der Waals surface area contributed by atoms with E-state index in [1.807, 2.05) is 0 Å². The lowest BCUT2D eigenvalue weighted by atomic mass is 9.70. The van der Waals surface area contributed by atoms with E-state index >= 15 is 0 Å². The fourth-order valence-corrected chi connectivity index (χ4v) is 10.5. The molecule has 0 unspecified atom stereocenters. The Morgan fingerprint density at radius 2 is 0.983 bits per heavy atom. The minimum Gasteiger partial charge on any atom is -0.310 e. The van der Waals surface area contributed by atoms with Crippen LogP contribution >= 0.6 is 0 Å². The van der Waals surface area contributed by atoms with Gasteiger partial charge in [-0.2, -0.15) is 0 Å². The molecule has 0 aromatic heterocycles. The first-order valence-electron chi connectivity index (χ1n) is 21.1. The third kappa shape index (κ3) is 5.19. The molecule has 0 saturated heterocycles. The summed E-state index contributed by atoms with van der Waals surface area (Å²) in [6.07, 6.45) is 8.86. The van der Waals surface area contributed by atoms with Crippen LogP contribution in [-0.4, -0.2) is 0 Å². The van der Waals surface area contributed by atoms with Gasteiger partial charge in [0.25, 0.3) is 0 Å². The second kappa shape index (κ2) is 13.8. The number of anilines is 3. The van der Waals surface area contributed by atoms with Crippen molar-refractivity contribution in [1.29, 1.82) is 0 Å². The van der Waals surface area contributed by atoms with Crippen molar-refractivity contribution in [1.82, 2.24) is 0 Å². The Morgan fingerprint density at radius 1 is 0.400 bits per heavy atom. The molecule has 282 valence electrons. The van der Waals surface area contributed by atoms with E-state index < -0.39 is 5.41 Å². The van der Waals surface area contributed by atoms with Crippen LogP contribution in [-0.2, 0) is 5.41 Å². The summed E-state index contributed by atoms with van der Waals surface area (Å²) >= 11 is 0. The van der Waals surface area contributed by atoms with Crippen LogP contribution in [0.15, 0.2) is 224 Å². The number of benzene rings is 9. The summed E-state index contributed by atoms with van der Waals surface area (Å²) in [6.45, 7) is 0. The van der Waals surface area contributed by atoms with Crippen molar-refractivity contribution in [3.8, 4) is 44.5 Å². The van der Waals surface area contributed by atoms with Gasteiger partial charge >= 0.3 is 0 Å². The Balaban J connectivity index is 1.12. The van der Waals surface area contributed by atoms with Crippen molar-refractivity contribution in [2.24, 2.45) is 0 Å². The number of hydrogen-bond acceptors (Lipinski definition) is 1. The number of hydrogen-bond donors (Lipinski definition) is 0. The topological polar surface area (TPSA) is 3.24 Å². The molecule has 60 heavy (non-hydrogen) atoms. The molecule has 1 spiro atoms. The molecule has 9 aromatic carbocycles. The SMILES string of the molecule is C1=CCCC(c2ccc(N(c3ccc(-c4ccccc4)cc3)c3cccc4c3-c3ccc(-c5cccc6ccccc56)cc3C43c4ccccc4-c4ccccc43)cc2)=C1. The summed E-state index contributed by atoms with van der Waals surface area (Å²) in [6, 6.07) is 77.0. The predicted octanol–water partition coefficient (Wildman–Crippen LogP) is 15.7. The molecule has 0 bridgehead atoms. The Bertz CT molecular complexity index is 3130. The van der Waals surface area contributed by atoms with Crippen LogP contribution in [0.25, 0.3) is 60.9 Å². The van der Waals surface area contributed by atoms with Crippen LogP contribution in [0.3, 0.4) is 0 Å². The van der Waals surface area contributed by atoms with Crippen molar-refractivity contribution in [2.75, 3.05) is 4.90 Å². The van der Waals surface area contributed by atoms with Gasteiger partial charge in [-0.25, -0.2) is 0 Å². The molecule has 0 saturated carbocycles. The molecule has 3 aliphatic carbocycles. The number of rotatable bonds is 6.